The minimum Gasteiger partial charge on any atom is -0.396 e. The summed E-state index contributed by atoms with van der Waals surface area (Å²) in [5.41, 5.74) is 5.52. The van der Waals surface area contributed by atoms with Crippen LogP contribution in [0.4, 0.5) is 15.9 Å². The van der Waals surface area contributed by atoms with Gasteiger partial charge in [0.15, 0.2) is 5.82 Å². The van der Waals surface area contributed by atoms with Crippen LogP contribution < -0.4 is 11.1 Å². The molecule has 2 aromatic rings. The number of carbonyl (C=O) groups excluding carboxylic acids is 1. The highest BCUT2D eigenvalue weighted by Crippen LogP contribution is 2.25. The minimum atomic E-state index is -0.598. The number of nitrogens with two attached hydrogens (primary N) is 1. The maximum atomic E-state index is 13.2. The summed E-state index contributed by atoms with van der Waals surface area (Å²) in [6.45, 7) is 0. The molecular weight excluding hydrogens is 337 g/mol. The molecule has 0 spiro atoms. The maximum absolute atomic E-state index is 13.2. The fourth-order valence-corrected chi connectivity index (χ4v) is 2.06. The van der Waals surface area contributed by atoms with Crippen molar-refractivity contribution in [3.8, 4) is 0 Å². The van der Waals surface area contributed by atoms with Crippen molar-refractivity contribution in [3.63, 3.8) is 0 Å². The Morgan fingerprint density at radius 2 is 2.21 bits per heavy atom. The summed E-state index contributed by atoms with van der Waals surface area (Å²) in [6, 6.07) is 5.61. The first-order valence-electron chi connectivity index (χ1n) is 5.15. The molecule has 0 unspecified atom stereocenters. The predicted octanol–water partition coefficient (Wildman–Crippen LogP) is 3.47. The Morgan fingerprint density at radius 1 is 1.47 bits per heavy atom. The van der Waals surface area contributed by atoms with Gasteiger partial charge >= 0.3 is 0 Å². The van der Waals surface area contributed by atoms with Gasteiger partial charge in [0.05, 0.1) is 16.3 Å². The fraction of sp³-hybridized carbons (Fsp3) is 0. The van der Waals surface area contributed by atoms with Gasteiger partial charge in [-0.1, -0.05) is 11.6 Å². The summed E-state index contributed by atoms with van der Waals surface area (Å²) < 4.78 is 13.5. The standard InChI is InChI=1S/C12H8BrClFN3O/c13-7-5-9(15)10(16)4-6(7)12(19)18-11-8(14)2-1-3-17-11/h1-5H,16H2,(H,17,18,19). The zero-order valence-corrected chi connectivity index (χ0v) is 11.8. The molecule has 0 saturated heterocycles. The Balaban J connectivity index is 2.31. The summed E-state index contributed by atoms with van der Waals surface area (Å²) in [6.07, 6.45) is 1.50. The zero-order valence-electron chi connectivity index (χ0n) is 9.45. The second kappa shape index (κ2) is 5.54. The van der Waals surface area contributed by atoms with E-state index in [0.29, 0.717) is 9.50 Å². The van der Waals surface area contributed by atoms with E-state index >= 15 is 0 Å². The highest BCUT2D eigenvalue weighted by molar-refractivity contribution is 9.10. The van der Waals surface area contributed by atoms with Gasteiger partial charge in [0.25, 0.3) is 5.91 Å². The molecule has 19 heavy (non-hydrogen) atoms. The van der Waals surface area contributed by atoms with Crippen LogP contribution in [0.1, 0.15) is 10.4 Å². The second-order valence-electron chi connectivity index (χ2n) is 3.64. The number of aromatic nitrogens is 1. The molecule has 0 atom stereocenters. The molecule has 2 rings (SSSR count). The predicted molar refractivity (Wildman–Crippen MR) is 75.7 cm³/mol. The van der Waals surface area contributed by atoms with E-state index in [1.54, 1.807) is 12.1 Å². The third-order valence-corrected chi connectivity index (χ3v) is 3.28. The average molecular weight is 345 g/mol. The molecule has 1 heterocycles. The van der Waals surface area contributed by atoms with Crippen molar-refractivity contribution < 1.29 is 9.18 Å². The van der Waals surface area contributed by atoms with Gasteiger partial charge in [0.2, 0.25) is 0 Å². The summed E-state index contributed by atoms with van der Waals surface area (Å²) >= 11 is 8.98. The Morgan fingerprint density at radius 3 is 2.89 bits per heavy atom. The SMILES string of the molecule is Nc1cc(C(=O)Nc2ncccc2Cl)c(Br)cc1F. The van der Waals surface area contributed by atoms with Crippen molar-refractivity contribution in [2.45, 2.75) is 0 Å². The van der Waals surface area contributed by atoms with E-state index in [1.165, 1.54) is 12.3 Å². The maximum Gasteiger partial charge on any atom is 0.258 e. The van der Waals surface area contributed by atoms with Crippen LogP contribution in [0.2, 0.25) is 5.02 Å². The van der Waals surface area contributed by atoms with Gasteiger partial charge < -0.3 is 11.1 Å². The number of carbonyl (C=O) groups is 1. The summed E-state index contributed by atoms with van der Waals surface area (Å²) in [5.74, 6) is -0.859. The Hall–Kier alpha value is -1.66. The van der Waals surface area contributed by atoms with Gasteiger partial charge in [-0.25, -0.2) is 9.37 Å². The Bertz CT molecular complexity index is 651. The third kappa shape index (κ3) is 3.02. The van der Waals surface area contributed by atoms with Crippen LogP contribution in [0.3, 0.4) is 0 Å². The molecule has 0 aliphatic rings. The topological polar surface area (TPSA) is 68.0 Å². The van der Waals surface area contributed by atoms with Gasteiger partial charge in [-0.05, 0) is 40.2 Å². The van der Waals surface area contributed by atoms with E-state index in [4.69, 9.17) is 17.3 Å². The molecule has 3 N–H and O–H groups in total. The minimum absolute atomic E-state index is 0.111. The summed E-state index contributed by atoms with van der Waals surface area (Å²) in [5, 5.41) is 2.83. The molecule has 4 nitrogen and oxygen atoms in total. The monoisotopic (exact) mass is 343 g/mol. The van der Waals surface area contributed by atoms with Gasteiger partial charge in [0, 0.05) is 10.7 Å². The number of hydrogen-bond donors (Lipinski definition) is 2. The van der Waals surface area contributed by atoms with Crippen molar-refractivity contribution in [1.82, 2.24) is 4.98 Å². The highest BCUT2D eigenvalue weighted by atomic mass is 79.9. The van der Waals surface area contributed by atoms with E-state index < -0.39 is 11.7 Å². The molecule has 0 radical (unpaired) electrons. The molecule has 0 bridgehead atoms. The Labute approximate surface area is 121 Å². The number of rotatable bonds is 2. The quantitative estimate of drug-likeness (QED) is 0.820. The molecule has 1 amide bonds. The lowest BCUT2D eigenvalue weighted by Gasteiger charge is -2.08. The molecule has 98 valence electrons. The number of nitrogens with one attached hydrogen (secondary N) is 1. The fourth-order valence-electron chi connectivity index (χ4n) is 1.39. The number of nitrogen functional groups attached to an aromatic ring is 1. The molecule has 0 saturated carbocycles. The van der Waals surface area contributed by atoms with Crippen molar-refractivity contribution >= 4 is 44.9 Å². The van der Waals surface area contributed by atoms with Crippen molar-refractivity contribution in [2.75, 3.05) is 11.1 Å². The van der Waals surface area contributed by atoms with E-state index in [-0.39, 0.29) is 17.1 Å². The van der Waals surface area contributed by atoms with E-state index in [1.807, 2.05) is 0 Å². The molecule has 0 aliphatic carbocycles. The van der Waals surface area contributed by atoms with Crippen molar-refractivity contribution in [3.05, 3.63) is 51.3 Å². The first-order valence-corrected chi connectivity index (χ1v) is 6.32. The average Bonchev–Trinajstić information content (AvgIpc) is 2.36. The lowest BCUT2D eigenvalue weighted by molar-refractivity contribution is 0.102. The van der Waals surface area contributed by atoms with Crippen molar-refractivity contribution in [2.24, 2.45) is 0 Å². The van der Waals surface area contributed by atoms with Gasteiger partial charge in [-0.2, -0.15) is 0 Å². The first kappa shape index (κ1) is 13.8. The number of halogens is 3. The number of anilines is 2. The second-order valence-corrected chi connectivity index (χ2v) is 4.90. The Kier molecular flexibility index (Phi) is 4.01. The normalized spacial score (nSPS) is 10.3. The molecule has 1 aromatic carbocycles. The van der Waals surface area contributed by atoms with Gasteiger partial charge in [-0.15, -0.1) is 0 Å². The first-order chi connectivity index (χ1) is 8.99. The van der Waals surface area contributed by atoms with Crippen LogP contribution in [-0.4, -0.2) is 10.9 Å². The van der Waals surface area contributed by atoms with Crippen LogP contribution in [0.15, 0.2) is 34.9 Å². The number of hydrogen-bond acceptors (Lipinski definition) is 3. The smallest absolute Gasteiger partial charge is 0.258 e. The van der Waals surface area contributed by atoms with Crippen LogP contribution in [0.5, 0.6) is 0 Å². The third-order valence-electron chi connectivity index (χ3n) is 2.32. The van der Waals surface area contributed by atoms with E-state index in [2.05, 4.69) is 26.2 Å². The van der Waals surface area contributed by atoms with Crippen LogP contribution in [0.25, 0.3) is 0 Å². The lowest BCUT2D eigenvalue weighted by Crippen LogP contribution is -2.14. The van der Waals surface area contributed by atoms with Crippen LogP contribution in [0, 0.1) is 5.82 Å². The highest BCUT2D eigenvalue weighted by Gasteiger charge is 2.15. The lowest BCUT2D eigenvalue weighted by atomic mass is 10.2. The number of nitrogens with zero attached hydrogens (tertiary/aromatic N) is 1. The largest absolute Gasteiger partial charge is 0.396 e. The van der Waals surface area contributed by atoms with Gasteiger partial charge in [-0.3, -0.25) is 4.79 Å². The molecule has 7 heteroatoms. The van der Waals surface area contributed by atoms with Crippen molar-refractivity contribution in [1.29, 1.82) is 0 Å². The zero-order chi connectivity index (χ0) is 14.0. The van der Waals surface area contributed by atoms with E-state index in [0.717, 1.165) is 6.07 Å². The number of benzene rings is 1. The number of amides is 1. The summed E-state index contributed by atoms with van der Waals surface area (Å²) in [7, 11) is 0. The molecule has 0 aliphatic heterocycles. The molecule has 1 aromatic heterocycles. The van der Waals surface area contributed by atoms with Gasteiger partial charge in [0.1, 0.15) is 5.82 Å². The van der Waals surface area contributed by atoms with Crippen LogP contribution in [-0.2, 0) is 0 Å². The molecule has 0 fully saturated rings. The van der Waals surface area contributed by atoms with E-state index in [9.17, 15) is 9.18 Å². The summed E-state index contributed by atoms with van der Waals surface area (Å²) in [4.78, 5) is 16.0. The van der Waals surface area contributed by atoms with Crippen LogP contribution >= 0.6 is 27.5 Å². The molecular formula is C12H8BrClFN3O. The number of pyridine rings is 1.